The molecule has 0 nitrogen and oxygen atoms in total. The Morgan fingerprint density at radius 3 is 1.38 bits per heavy atom. The van der Waals surface area contributed by atoms with Crippen LogP contribution in [0.5, 0.6) is 0 Å². The van der Waals surface area contributed by atoms with E-state index in [0.29, 0.717) is 0 Å². The summed E-state index contributed by atoms with van der Waals surface area (Å²) >= 11 is 0. The lowest BCUT2D eigenvalue weighted by atomic mass is 9.65. The largest absolute Gasteiger partial charge is 0.244 e. The van der Waals surface area contributed by atoms with Gasteiger partial charge in [-0.25, -0.2) is 4.39 Å². The first-order valence-corrected chi connectivity index (χ1v) is 9.72. The maximum Gasteiger partial charge on any atom is 0.108 e. The van der Waals surface area contributed by atoms with Gasteiger partial charge in [0.2, 0.25) is 0 Å². The molecule has 0 aromatic heterocycles. The number of alkyl halides is 1. The Morgan fingerprint density at radius 2 is 0.952 bits per heavy atom. The van der Waals surface area contributed by atoms with E-state index in [1.165, 1.54) is 51.4 Å². The summed E-state index contributed by atoms with van der Waals surface area (Å²) in [6, 6.07) is 0. The van der Waals surface area contributed by atoms with Gasteiger partial charge in [0.25, 0.3) is 0 Å². The van der Waals surface area contributed by atoms with Gasteiger partial charge in [-0.15, -0.1) is 0 Å². The second-order valence-corrected chi connectivity index (χ2v) is 8.95. The molecule has 3 fully saturated rings. The summed E-state index contributed by atoms with van der Waals surface area (Å²) in [5.74, 6) is 4.84. The Bertz CT molecular complexity index is 309. The first-order valence-electron chi connectivity index (χ1n) is 9.72. The van der Waals surface area contributed by atoms with Crippen LogP contribution in [-0.2, 0) is 0 Å². The summed E-state index contributed by atoms with van der Waals surface area (Å²) in [5.41, 5.74) is -0.855. The van der Waals surface area contributed by atoms with Crippen LogP contribution in [0.2, 0.25) is 0 Å². The molecule has 3 rings (SSSR count). The van der Waals surface area contributed by atoms with E-state index in [1.807, 2.05) is 6.92 Å². The summed E-state index contributed by atoms with van der Waals surface area (Å²) < 4.78 is 13.9. The second-order valence-electron chi connectivity index (χ2n) is 8.95. The monoisotopic (exact) mass is 294 g/mol. The number of rotatable bonds is 2. The fraction of sp³-hybridized carbons (Fsp3) is 1.00. The second kappa shape index (κ2) is 6.59. The van der Waals surface area contributed by atoms with E-state index >= 15 is 0 Å². The van der Waals surface area contributed by atoms with Crippen LogP contribution in [0.15, 0.2) is 0 Å². The van der Waals surface area contributed by atoms with Crippen LogP contribution < -0.4 is 0 Å². The van der Waals surface area contributed by atoms with Crippen LogP contribution in [0.1, 0.15) is 90.9 Å². The zero-order valence-electron chi connectivity index (χ0n) is 14.2. The van der Waals surface area contributed by atoms with E-state index in [2.05, 4.69) is 6.92 Å². The van der Waals surface area contributed by atoms with Crippen molar-refractivity contribution in [2.45, 2.75) is 96.6 Å². The fourth-order valence-electron chi connectivity index (χ4n) is 5.56. The topological polar surface area (TPSA) is 0 Å². The molecule has 0 N–H and O–H groups in total. The normalized spacial score (nSPS) is 49.0. The fourth-order valence-corrected chi connectivity index (χ4v) is 5.56. The first kappa shape index (κ1) is 15.8. The quantitative estimate of drug-likeness (QED) is 0.542. The minimum absolute atomic E-state index is 0.818. The Balaban J connectivity index is 1.43. The summed E-state index contributed by atoms with van der Waals surface area (Å²) in [5, 5.41) is 0. The lowest BCUT2D eigenvalue weighted by Crippen LogP contribution is -2.32. The highest BCUT2D eigenvalue weighted by Crippen LogP contribution is 2.46. The molecule has 0 aromatic rings. The molecule has 3 saturated carbocycles. The molecule has 0 radical (unpaired) electrons. The molecule has 0 aliphatic heterocycles. The van der Waals surface area contributed by atoms with Crippen molar-refractivity contribution in [3.63, 3.8) is 0 Å². The molecule has 0 atom stereocenters. The standard InChI is InChI=1S/C20H35F/c1-15-3-5-16(6-4-15)17-7-9-18(10-8-17)19-11-13-20(2,21)14-12-19/h15-19H,3-14H2,1-2H3. The van der Waals surface area contributed by atoms with Crippen molar-refractivity contribution in [1.29, 1.82) is 0 Å². The lowest BCUT2D eigenvalue weighted by molar-refractivity contribution is 0.0599. The molecule has 0 aromatic carbocycles. The van der Waals surface area contributed by atoms with Crippen LogP contribution in [0.4, 0.5) is 4.39 Å². The zero-order valence-corrected chi connectivity index (χ0v) is 14.2. The summed E-state index contributed by atoms with van der Waals surface area (Å²) in [7, 11) is 0. The van der Waals surface area contributed by atoms with Gasteiger partial charge in [0.15, 0.2) is 0 Å². The van der Waals surface area contributed by atoms with Crippen molar-refractivity contribution in [2.24, 2.45) is 29.6 Å². The molecule has 0 bridgehead atoms. The van der Waals surface area contributed by atoms with Crippen molar-refractivity contribution < 1.29 is 4.39 Å². The molecule has 0 heterocycles. The molecular weight excluding hydrogens is 259 g/mol. The highest BCUT2D eigenvalue weighted by atomic mass is 19.1. The lowest BCUT2D eigenvalue weighted by Gasteiger charge is -2.41. The predicted molar refractivity (Wildman–Crippen MR) is 88.0 cm³/mol. The van der Waals surface area contributed by atoms with E-state index in [9.17, 15) is 4.39 Å². The van der Waals surface area contributed by atoms with Crippen molar-refractivity contribution >= 4 is 0 Å². The van der Waals surface area contributed by atoms with E-state index < -0.39 is 5.67 Å². The third kappa shape index (κ3) is 4.02. The van der Waals surface area contributed by atoms with E-state index in [4.69, 9.17) is 0 Å². The van der Waals surface area contributed by atoms with Crippen LogP contribution in [-0.4, -0.2) is 5.67 Å². The van der Waals surface area contributed by atoms with Crippen LogP contribution in [0.3, 0.4) is 0 Å². The maximum atomic E-state index is 13.9. The molecule has 0 amide bonds. The van der Waals surface area contributed by atoms with Gasteiger partial charge < -0.3 is 0 Å². The smallest absolute Gasteiger partial charge is 0.108 e. The van der Waals surface area contributed by atoms with E-state index in [1.54, 1.807) is 0 Å². The minimum Gasteiger partial charge on any atom is -0.244 e. The molecule has 21 heavy (non-hydrogen) atoms. The predicted octanol–water partition coefficient (Wildman–Crippen LogP) is 6.54. The first-order chi connectivity index (χ1) is 10.0. The molecule has 0 unspecified atom stereocenters. The SMILES string of the molecule is CC1CCC(C2CCC(C3CCC(C)(F)CC3)CC2)CC1. The van der Waals surface area contributed by atoms with Crippen LogP contribution in [0.25, 0.3) is 0 Å². The van der Waals surface area contributed by atoms with E-state index in [-0.39, 0.29) is 0 Å². The van der Waals surface area contributed by atoms with Gasteiger partial charge >= 0.3 is 0 Å². The molecule has 0 saturated heterocycles. The highest BCUT2D eigenvalue weighted by molar-refractivity contribution is 4.88. The van der Waals surface area contributed by atoms with E-state index in [0.717, 1.165) is 55.3 Å². The Morgan fingerprint density at radius 1 is 0.619 bits per heavy atom. The van der Waals surface area contributed by atoms with Crippen molar-refractivity contribution in [3.05, 3.63) is 0 Å². The summed E-state index contributed by atoms with van der Waals surface area (Å²) in [6.45, 7) is 4.24. The summed E-state index contributed by atoms with van der Waals surface area (Å²) in [4.78, 5) is 0. The minimum atomic E-state index is -0.855. The third-order valence-corrected chi connectivity index (χ3v) is 7.28. The molecule has 3 aliphatic rings. The zero-order chi connectivity index (χ0) is 14.9. The van der Waals surface area contributed by atoms with Gasteiger partial charge in [-0.1, -0.05) is 19.8 Å². The number of hydrogen-bond acceptors (Lipinski definition) is 0. The van der Waals surface area contributed by atoms with Crippen LogP contribution in [0, 0.1) is 29.6 Å². The Kier molecular flexibility index (Phi) is 4.96. The Hall–Kier alpha value is -0.0700. The van der Waals surface area contributed by atoms with Gasteiger partial charge in [0.1, 0.15) is 5.67 Å². The molecule has 1 heteroatoms. The van der Waals surface area contributed by atoms with Gasteiger partial charge in [-0.2, -0.15) is 0 Å². The van der Waals surface area contributed by atoms with Gasteiger partial charge in [0, 0.05) is 0 Å². The van der Waals surface area contributed by atoms with Crippen LogP contribution >= 0.6 is 0 Å². The highest BCUT2D eigenvalue weighted by Gasteiger charge is 2.37. The van der Waals surface area contributed by atoms with Gasteiger partial charge in [-0.3, -0.25) is 0 Å². The average Bonchev–Trinajstić information content (AvgIpc) is 2.48. The number of halogens is 1. The molecular formula is C20H35F. The van der Waals surface area contributed by atoms with Gasteiger partial charge in [0.05, 0.1) is 0 Å². The summed E-state index contributed by atoms with van der Waals surface area (Å²) in [6.07, 6.45) is 15.8. The molecule has 0 spiro atoms. The third-order valence-electron chi connectivity index (χ3n) is 7.28. The Labute approximate surface area is 131 Å². The number of hydrogen-bond donors (Lipinski definition) is 0. The van der Waals surface area contributed by atoms with Crippen molar-refractivity contribution in [3.8, 4) is 0 Å². The average molecular weight is 294 g/mol. The molecule has 3 aliphatic carbocycles. The van der Waals surface area contributed by atoms with Crippen molar-refractivity contribution in [2.75, 3.05) is 0 Å². The van der Waals surface area contributed by atoms with Gasteiger partial charge in [-0.05, 0) is 101 Å². The molecule has 122 valence electrons. The van der Waals surface area contributed by atoms with Crippen molar-refractivity contribution in [1.82, 2.24) is 0 Å². The maximum absolute atomic E-state index is 13.9.